The Morgan fingerprint density at radius 3 is 2.57 bits per heavy atom. The molecule has 4 nitrogen and oxygen atoms in total. The Balaban J connectivity index is 2.75. The van der Waals surface area contributed by atoms with Crippen LogP contribution in [0.2, 0.25) is 0 Å². The van der Waals surface area contributed by atoms with Gasteiger partial charge in [-0.1, -0.05) is 6.92 Å². The average molecular weight is 218 g/mol. The third kappa shape index (κ3) is 2.69. The molecule has 1 aromatic rings. The molecule has 0 aliphatic carbocycles. The largest absolute Gasteiger partial charge is 0.374 e. The van der Waals surface area contributed by atoms with Gasteiger partial charge >= 0.3 is 0 Å². The number of hydrogen-bond acceptors (Lipinski definition) is 3. The molecule has 0 atom stereocenters. The summed E-state index contributed by atoms with van der Waals surface area (Å²) in [6, 6.07) is 0. The number of ether oxygens (including phenoxy) is 1. The predicted octanol–water partition coefficient (Wildman–Crippen LogP) is 1.96. The summed E-state index contributed by atoms with van der Waals surface area (Å²) in [5, 5.41) is 8.05. The second-order valence-corrected chi connectivity index (χ2v) is 3.22. The Hall–Kier alpha value is -0.610. The second-order valence-electron chi connectivity index (χ2n) is 2.95. The summed E-state index contributed by atoms with van der Waals surface area (Å²) < 4.78 is 7.33. The Morgan fingerprint density at radius 1 is 1.29 bits per heavy atom. The molecule has 80 valence electrons. The normalized spacial score (nSPS) is 10.8. The standard InChI is InChI=1S/C9H16ClN3O/c1-3-5-13-8(6-10)11-12-9(13)7-14-4-2/h3-7H2,1-2H3. The Kier molecular flexibility index (Phi) is 4.90. The lowest BCUT2D eigenvalue weighted by Crippen LogP contribution is -2.08. The summed E-state index contributed by atoms with van der Waals surface area (Å²) in [5.41, 5.74) is 0. The minimum Gasteiger partial charge on any atom is -0.374 e. The zero-order valence-electron chi connectivity index (χ0n) is 8.66. The van der Waals surface area contributed by atoms with E-state index in [9.17, 15) is 0 Å². The highest BCUT2D eigenvalue weighted by molar-refractivity contribution is 6.16. The molecule has 0 aliphatic rings. The molecule has 0 fully saturated rings. The van der Waals surface area contributed by atoms with E-state index in [-0.39, 0.29) is 0 Å². The third-order valence-corrected chi connectivity index (χ3v) is 2.15. The van der Waals surface area contributed by atoms with Crippen LogP contribution in [0.4, 0.5) is 0 Å². The van der Waals surface area contributed by atoms with Crippen LogP contribution in [-0.4, -0.2) is 21.4 Å². The van der Waals surface area contributed by atoms with Gasteiger partial charge in [0.2, 0.25) is 0 Å². The molecule has 0 N–H and O–H groups in total. The van der Waals surface area contributed by atoms with Gasteiger partial charge in [0.05, 0.1) is 5.88 Å². The van der Waals surface area contributed by atoms with E-state index in [4.69, 9.17) is 16.3 Å². The van der Waals surface area contributed by atoms with Crippen molar-refractivity contribution < 1.29 is 4.74 Å². The van der Waals surface area contributed by atoms with Crippen molar-refractivity contribution in [2.45, 2.75) is 39.3 Å². The Bertz CT molecular complexity index is 275. The number of rotatable bonds is 6. The van der Waals surface area contributed by atoms with Gasteiger partial charge in [0.15, 0.2) is 5.82 Å². The Labute approximate surface area is 89.2 Å². The van der Waals surface area contributed by atoms with E-state index in [1.54, 1.807) is 0 Å². The first-order valence-electron chi connectivity index (χ1n) is 4.88. The molecule has 0 saturated carbocycles. The number of aromatic nitrogens is 3. The first-order valence-corrected chi connectivity index (χ1v) is 5.41. The van der Waals surface area contributed by atoms with E-state index >= 15 is 0 Å². The maximum absolute atomic E-state index is 5.75. The summed E-state index contributed by atoms with van der Waals surface area (Å²) in [5.74, 6) is 2.09. The minimum absolute atomic E-state index is 0.402. The smallest absolute Gasteiger partial charge is 0.159 e. The van der Waals surface area contributed by atoms with Crippen molar-refractivity contribution >= 4 is 11.6 Å². The zero-order valence-corrected chi connectivity index (χ0v) is 9.42. The third-order valence-electron chi connectivity index (χ3n) is 1.91. The van der Waals surface area contributed by atoms with E-state index in [0.717, 1.165) is 24.6 Å². The molecule has 0 spiro atoms. The van der Waals surface area contributed by atoms with Crippen LogP contribution in [0, 0.1) is 0 Å². The number of hydrogen-bond donors (Lipinski definition) is 0. The van der Waals surface area contributed by atoms with Crippen molar-refractivity contribution in [3.05, 3.63) is 11.6 Å². The summed E-state index contributed by atoms with van der Waals surface area (Å²) >= 11 is 5.75. The van der Waals surface area contributed by atoms with Crippen LogP contribution in [0.1, 0.15) is 31.9 Å². The van der Waals surface area contributed by atoms with Crippen LogP contribution in [-0.2, 0) is 23.8 Å². The van der Waals surface area contributed by atoms with Crippen molar-refractivity contribution in [1.29, 1.82) is 0 Å². The van der Waals surface area contributed by atoms with Crippen LogP contribution in [0.3, 0.4) is 0 Å². The van der Waals surface area contributed by atoms with Gasteiger partial charge in [-0.05, 0) is 13.3 Å². The molecule has 1 rings (SSSR count). The fraction of sp³-hybridized carbons (Fsp3) is 0.778. The highest BCUT2D eigenvalue weighted by Gasteiger charge is 2.09. The van der Waals surface area contributed by atoms with Gasteiger partial charge in [-0.2, -0.15) is 0 Å². The highest BCUT2D eigenvalue weighted by Crippen LogP contribution is 2.07. The molecule has 1 aromatic heterocycles. The molecule has 0 saturated heterocycles. The monoisotopic (exact) mass is 217 g/mol. The molecule has 1 heterocycles. The summed E-state index contributed by atoms with van der Waals surface area (Å²) in [4.78, 5) is 0. The van der Waals surface area contributed by atoms with Gasteiger partial charge in [-0.25, -0.2) is 0 Å². The molecule has 5 heteroatoms. The SMILES string of the molecule is CCCn1c(CCl)nnc1COCC. The summed E-state index contributed by atoms with van der Waals surface area (Å²) in [6.07, 6.45) is 1.04. The first-order chi connectivity index (χ1) is 6.83. The van der Waals surface area contributed by atoms with Crippen LogP contribution in [0.5, 0.6) is 0 Å². The van der Waals surface area contributed by atoms with Crippen molar-refractivity contribution in [2.24, 2.45) is 0 Å². The van der Waals surface area contributed by atoms with Gasteiger partial charge < -0.3 is 9.30 Å². The van der Waals surface area contributed by atoms with E-state index in [1.165, 1.54) is 0 Å². The van der Waals surface area contributed by atoms with Crippen molar-refractivity contribution in [3.63, 3.8) is 0 Å². The lowest BCUT2D eigenvalue weighted by atomic mass is 10.4. The average Bonchev–Trinajstić information content (AvgIpc) is 2.58. The lowest BCUT2D eigenvalue weighted by Gasteiger charge is -2.07. The van der Waals surface area contributed by atoms with Crippen molar-refractivity contribution in [1.82, 2.24) is 14.8 Å². The molecule has 0 aliphatic heterocycles. The molecular weight excluding hydrogens is 202 g/mol. The van der Waals surface area contributed by atoms with Gasteiger partial charge in [0.1, 0.15) is 12.4 Å². The second kappa shape index (κ2) is 5.98. The van der Waals surface area contributed by atoms with Crippen LogP contribution < -0.4 is 0 Å². The predicted molar refractivity (Wildman–Crippen MR) is 55.2 cm³/mol. The molecule has 0 aromatic carbocycles. The first kappa shape index (κ1) is 11.5. The van der Waals surface area contributed by atoms with Crippen LogP contribution in [0.25, 0.3) is 0 Å². The van der Waals surface area contributed by atoms with E-state index < -0.39 is 0 Å². The van der Waals surface area contributed by atoms with Crippen molar-refractivity contribution in [2.75, 3.05) is 6.61 Å². The Morgan fingerprint density at radius 2 is 2.00 bits per heavy atom. The lowest BCUT2D eigenvalue weighted by molar-refractivity contribution is 0.125. The zero-order chi connectivity index (χ0) is 10.4. The molecule has 0 unspecified atom stereocenters. The number of halogens is 1. The molecule has 14 heavy (non-hydrogen) atoms. The van der Waals surface area contributed by atoms with Crippen molar-refractivity contribution in [3.8, 4) is 0 Å². The molecular formula is C9H16ClN3O. The minimum atomic E-state index is 0.402. The van der Waals surface area contributed by atoms with E-state index in [0.29, 0.717) is 19.1 Å². The van der Waals surface area contributed by atoms with Gasteiger partial charge in [-0.15, -0.1) is 21.8 Å². The quantitative estimate of drug-likeness (QED) is 0.684. The molecule has 0 radical (unpaired) electrons. The van der Waals surface area contributed by atoms with Gasteiger partial charge in [0, 0.05) is 13.2 Å². The molecule has 0 amide bonds. The van der Waals surface area contributed by atoms with E-state index in [2.05, 4.69) is 17.1 Å². The number of alkyl halides is 1. The van der Waals surface area contributed by atoms with E-state index in [1.807, 2.05) is 11.5 Å². The topological polar surface area (TPSA) is 39.9 Å². The highest BCUT2D eigenvalue weighted by atomic mass is 35.5. The maximum Gasteiger partial charge on any atom is 0.159 e. The fourth-order valence-corrected chi connectivity index (χ4v) is 1.45. The summed E-state index contributed by atoms with van der Waals surface area (Å²) in [6.45, 7) is 6.18. The number of nitrogens with zero attached hydrogens (tertiary/aromatic N) is 3. The van der Waals surface area contributed by atoms with Crippen LogP contribution >= 0.6 is 11.6 Å². The fourth-order valence-electron chi connectivity index (χ4n) is 1.25. The molecule has 0 bridgehead atoms. The van der Waals surface area contributed by atoms with Gasteiger partial charge in [-0.3, -0.25) is 0 Å². The van der Waals surface area contributed by atoms with Crippen LogP contribution in [0.15, 0.2) is 0 Å². The van der Waals surface area contributed by atoms with Gasteiger partial charge in [0.25, 0.3) is 0 Å². The summed E-state index contributed by atoms with van der Waals surface area (Å²) in [7, 11) is 0. The maximum atomic E-state index is 5.75.